The number of benzene rings is 1. The standard InChI is InChI=1S/C26H26N8O/c1-6-22(30-24-18(1)7-8-27-24)23-15-34-10-9-28-26(34)25(31-23)29-19-2-4-20(5-3-19)32-11-13-33(14-12-32)21-16-35-17-21/h1-10,15,21H,11-14,16-17H2,(H,27,30)(H,29,31). The lowest BCUT2D eigenvalue weighted by Crippen LogP contribution is -2.56. The fraction of sp³-hybridized carbons (Fsp3) is 0.269. The SMILES string of the molecule is c1cn2cc(-c3ccc4cc[nH]c4n3)nc(Nc3ccc(N4CCN(C5COC5)CC4)cc3)c2n1. The number of pyridine rings is 1. The van der Waals surface area contributed by atoms with Gasteiger partial charge in [0, 0.05) is 67.7 Å². The number of H-pyrrole nitrogens is 1. The minimum Gasteiger partial charge on any atom is -0.378 e. The molecule has 0 aliphatic carbocycles. The molecule has 0 spiro atoms. The minimum atomic E-state index is 0.617. The maximum Gasteiger partial charge on any atom is 0.180 e. The summed E-state index contributed by atoms with van der Waals surface area (Å²) in [6, 6.07) is 15.3. The highest BCUT2D eigenvalue weighted by Crippen LogP contribution is 2.27. The lowest BCUT2D eigenvalue weighted by atomic mass is 10.1. The summed E-state index contributed by atoms with van der Waals surface area (Å²) in [5.74, 6) is 0.699. The van der Waals surface area contributed by atoms with Crippen LogP contribution in [0.4, 0.5) is 17.2 Å². The van der Waals surface area contributed by atoms with Gasteiger partial charge >= 0.3 is 0 Å². The number of imidazole rings is 1. The molecular formula is C26H26N8O. The van der Waals surface area contributed by atoms with Gasteiger partial charge in [-0.3, -0.25) is 4.90 Å². The molecule has 9 heteroatoms. The second-order valence-electron chi connectivity index (χ2n) is 9.13. The van der Waals surface area contributed by atoms with E-state index in [2.05, 4.69) is 55.4 Å². The molecule has 0 saturated carbocycles. The fourth-order valence-corrected chi connectivity index (χ4v) is 4.88. The van der Waals surface area contributed by atoms with Gasteiger partial charge in [-0.05, 0) is 42.5 Å². The highest BCUT2D eigenvalue weighted by molar-refractivity contribution is 5.79. The molecule has 4 aromatic heterocycles. The van der Waals surface area contributed by atoms with Crippen LogP contribution in [0, 0.1) is 0 Å². The number of nitrogens with zero attached hydrogens (tertiary/aromatic N) is 6. The number of hydrogen-bond donors (Lipinski definition) is 2. The molecule has 0 amide bonds. The number of aromatic nitrogens is 5. The van der Waals surface area contributed by atoms with E-state index >= 15 is 0 Å². The van der Waals surface area contributed by atoms with Gasteiger partial charge < -0.3 is 24.3 Å². The van der Waals surface area contributed by atoms with Crippen molar-refractivity contribution in [2.75, 3.05) is 49.6 Å². The van der Waals surface area contributed by atoms with Gasteiger partial charge in [0.1, 0.15) is 11.3 Å². The summed E-state index contributed by atoms with van der Waals surface area (Å²) >= 11 is 0. The molecule has 5 aromatic rings. The van der Waals surface area contributed by atoms with Crippen molar-refractivity contribution in [3.05, 3.63) is 67.3 Å². The van der Waals surface area contributed by atoms with E-state index in [1.54, 1.807) is 6.20 Å². The van der Waals surface area contributed by atoms with Crippen LogP contribution in [-0.4, -0.2) is 74.7 Å². The van der Waals surface area contributed by atoms with E-state index in [0.717, 1.165) is 73.1 Å². The van der Waals surface area contributed by atoms with Crippen molar-refractivity contribution in [1.29, 1.82) is 0 Å². The summed E-state index contributed by atoms with van der Waals surface area (Å²) in [6.45, 7) is 6.03. The number of anilines is 3. The predicted octanol–water partition coefficient (Wildman–Crippen LogP) is 3.54. The van der Waals surface area contributed by atoms with Crippen molar-refractivity contribution in [2.24, 2.45) is 0 Å². The quantitative estimate of drug-likeness (QED) is 0.410. The van der Waals surface area contributed by atoms with Gasteiger partial charge in [-0.25, -0.2) is 15.0 Å². The fourth-order valence-electron chi connectivity index (χ4n) is 4.88. The van der Waals surface area contributed by atoms with E-state index in [9.17, 15) is 0 Å². The normalized spacial score (nSPS) is 17.2. The van der Waals surface area contributed by atoms with Crippen LogP contribution in [-0.2, 0) is 4.74 Å². The van der Waals surface area contributed by atoms with Crippen LogP contribution in [0.25, 0.3) is 28.1 Å². The molecule has 2 N–H and O–H groups in total. The average molecular weight is 467 g/mol. The van der Waals surface area contributed by atoms with Crippen LogP contribution >= 0.6 is 0 Å². The molecule has 2 saturated heterocycles. The molecule has 2 aliphatic rings. The molecule has 0 atom stereocenters. The third kappa shape index (κ3) is 3.78. The van der Waals surface area contributed by atoms with Crippen molar-refractivity contribution in [1.82, 2.24) is 29.2 Å². The van der Waals surface area contributed by atoms with Crippen molar-refractivity contribution in [2.45, 2.75) is 6.04 Å². The van der Waals surface area contributed by atoms with E-state index in [1.165, 1.54) is 5.69 Å². The molecular weight excluding hydrogens is 440 g/mol. The van der Waals surface area contributed by atoms with Crippen LogP contribution < -0.4 is 10.2 Å². The first-order valence-corrected chi connectivity index (χ1v) is 12.0. The molecule has 1 aromatic carbocycles. The number of piperazine rings is 1. The third-order valence-electron chi connectivity index (χ3n) is 6.99. The van der Waals surface area contributed by atoms with Crippen LogP contribution in [0.2, 0.25) is 0 Å². The van der Waals surface area contributed by atoms with Gasteiger partial charge in [-0.15, -0.1) is 0 Å². The molecule has 176 valence electrons. The Labute approximate surface area is 202 Å². The Morgan fingerprint density at radius 1 is 0.914 bits per heavy atom. The Balaban J connectivity index is 1.12. The van der Waals surface area contributed by atoms with E-state index in [1.807, 2.05) is 35.1 Å². The van der Waals surface area contributed by atoms with Crippen molar-refractivity contribution < 1.29 is 4.74 Å². The Bertz CT molecular complexity index is 1480. The second kappa shape index (κ2) is 8.37. The Hall–Kier alpha value is -3.95. The van der Waals surface area contributed by atoms with Crippen LogP contribution in [0.1, 0.15) is 0 Å². The van der Waals surface area contributed by atoms with E-state index < -0.39 is 0 Å². The summed E-state index contributed by atoms with van der Waals surface area (Å²) in [5, 5.41) is 4.55. The lowest BCUT2D eigenvalue weighted by molar-refractivity contribution is -0.0660. The number of ether oxygens (including phenoxy) is 1. The Kier molecular flexibility index (Phi) is 4.88. The van der Waals surface area contributed by atoms with Gasteiger partial charge in [0.2, 0.25) is 0 Å². The maximum absolute atomic E-state index is 5.35. The lowest BCUT2D eigenvalue weighted by Gasteiger charge is -2.43. The zero-order valence-corrected chi connectivity index (χ0v) is 19.3. The molecule has 35 heavy (non-hydrogen) atoms. The van der Waals surface area contributed by atoms with Gasteiger partial charge in [0.05, 0.1) is 24.9 Å². The Morgan fingerprint density at radius 3 is 2.57 bits per heavy atom. The second-order valence-corrected chi connectivity index (χ2v) is 9.13. The smallest absolute Gasteiger partial charge is 0.180 e. The van der Waals surface area contributed by atoms with Gasteiger partial charge in [0.15, 0.2) is 11.5 Å². The number of rotatable bonds is 5. The molecule has 0 radical (unpaired) electrons. The number of aromatic amines is 1. The largest absolute Gasteiger partial charge is 0.378 e. The number of fused-ring (bicyclic) bond motifs is 2. The first kappa shape index (κ1) is 20.4. The average Bonchev–Trinajstić information content (AvgIpc) is 3.53. The van der Waals surface area contributed by atoms with E-state index in [4.69, 9.17) is 14.7 Å². The first-order valence-electron chi connectivity index (χ1n) is 12.0. The Morgan fingerprint density at radius 2 is 1.77 bits per heavy atom. The number of hydrogen-bond acceptors (Lipinski definition) is 7. The zero-order chi connectivity index (χ0) is 23.2. The van der Waals surface area contributed by atoms with Gasteiger partial charge in [0.25, 0.3) is 0 Å². The van der Waals surface area contributed by atoms with Crippen LogP contribution in [0.15, 0.2) is 67.3 Å². The molecule has 7 rings (SSSR count). The molecule has 6 heterocycles. The minimum absolute atomic E-state index is 0.617. The first-order chi connectivity index (χ1) is 17.3. The number of nitrogens with one attached hydrogen (secondary N) is 2. The van der Waals surface area contributed by atoms with Crippen molar-refractivity contribution >= 4 is 33.9 Å². The van der Waals surface area contributed by atoms with Crippen LogP contribution in [0.3, 0.4) is 0 Å². The van der Waals surface area contributed by atoms with E-state index in [-0.39, 0.29) is 0 Å². The maximum atomic E-state index is 5.35. The third-order valence-corrected chi connectivity index (χ3v) is 6.99. The van der Waals surface area contributed by atoms with Crippen LogP contribution in [0.5, 0.6) is 0 Å². The van der Waals surface area contributed by atoms with Gasteiger partial charge in [-0.1, -0.05) is 0 Å². The topological polar surface area (TPSA) is 86.6 Å². The molecule has 2 fully saturated rings. The summed E-state index contributed by atoms with van der Waals surface area (Å²) in [7, 11) is 0. The molecule has 9 nitrogen and oxygen atoms in total. The highest BCUT2D eigenvalue weighted by atomic mass is 16.5. The highest BCUT2D eigenvalue weighted by Gasteiger charge is 2.28. The zero-order valence-electron chi connectivity index (χ0n) is 19.3. The summed E-state index contributed by atoms with van der Waals surface area (Å²) in [6.07, 6.45) is 7.57. The van der Waals surface area contributed by atoms with Gasteiger partial charge in [-0.2, -0.15) is 0 Å². The summed E-state index contributed by atoms with van der Waals surface area (Å²) in [5.41, 5.74) is 5.43. The van der Waals surface area contributed by atoms with Crippen molar-refractivity contribution in [3.63, 3.8) is 0 Å². The molecule has 2 aliphatic heterocycles. The monoisotopic (exact) mass is 466 g/mol. The summed E-state index contributed by atoms with van der Waals surface area (Å²) in [4.78, 5) is 22.3. The predicted molar refractivity (Wildman–Crippen MR) is 136 cm³/mol. The van der Waals surface area contributed by atoms with E-state index in [0.29, 0.717) is 11.9 Å². The molecule has 0 bridgehead atoms. The molecule has 0 unspecified atom stereocenters. The van der Waals surface area contributed by atoms with Crippen molar-refractivity contribution in [3.8, 4) is 11.4 Å². The summed E-state index contributed by atoms with van der Waals surface area (Å²) < 4.78 is 7.33.